The van der Waals surface area contributed by atoms with Crippen molar-refractivity contribution in [3.05, 3.63) is 65.7 Å². The number of methoxy groups -OCH3 is 1. The van der Waals surface area contributed by atoms with Crippen LogP contribution < -0.4 is 4.74 Å². The molecule has 1 N–H and O–H groups in total. The van der Waals surface area contributed by atoms with E-state index in [1.807, 2.05) is 54.6 Å². The Morgan fingerprint density at radius 1 is 1.00 bits per heavy atom. The van der Waals surface area contributed by atoms with Gasteiger partial charge in [0.1, 0.15) is 5.75 Å². The lowest BCUT2D eigenvalue weighted by Crippen LogP contribution is -2.16. The highest BCUT2D eigenvalue weighted by Gasteiger charge is 2.08. The molecule has 112 valence electrons. The summed E-state index contributed by atoms with van der Waals surface area (Å²) < 4.78 is 10.8. The molecule has 1 atom stereocenters. The Labute approximate surface area is 126 Å². The second-order valence-corrected chi connectivity index (χ2v) is 5.01. The third-order valence-electron chi connectivity index (χ3n) is 3.36. The van der Waals surface area contributed by atoms with E-state index in [0.29, 0.717) is 19.6 Å². The fourth-order valence-corrected chi connectivity index (χ4v) is 2.20. The monoisotopic (exact) mass is 286 g/mol. The van der Waals surface area contributed by atoms with Crippen LogP contribution in [0.25, 0.3) is 0 Å². The van der Waals surface area contributed by atoms with E-state index in [4.69, 9.17) is 9.47 Å². The van der Waals surface area contributed by atoms with Crippen molar-refractivity contribution in [3.8, 4) is 5.75 Å². The topological polar surface area (TPSA) is 38.7 Å². The van der Waals surface area contributed by atoms with Crippen LogP contribution in [0.4, 0.5) is 0 Å². The zero-order valence-electron chi connectivity index (χ0n) is 12.4. The minimum Gasteiger partial charge on any atom is -0.496 e. The molecule has 0 amide bonds. The van der Waals surface area contributed by atoms with Gasteiger partial charge in [-0.05, 0) is 30.0 Å². The van der Waals surface area contributed by atoms with Gasteiger partial charge in [0.15, 0.2) is 0 Å². The van der Waals surface area contributed by atoms with E-state index in [-0.39, 0.29) is 0 Å². The number of rotatable bonds is 8. The molecule has 0 bridgehead atoms. The summed E-state index contributed by atoms with van der Waals surface area (Å²) in [5.74, 6) is 0.870. The SMILES string of the molecule is COc1ccccc1CC[C@H](O)COCc1ccccc1. The predicted molar refractivity (Wildman–Crippen MR) is 83.4 cm³/mol. The van der Waals surface area contributed by atoms with Gasteiger partial charge in [0.25, 0.3) is 0 Å². The Bertz CT molecular complexity index is 525. The van der Waals surface area contributed by atoms with Gasteiger partial charge < -0.3 is 14.6 Å². The van der Waals surface area contributed by atoms with Crippen LogP contribution in [-0.4, -0.2) is 24.9 Å². The molecule has 0 aliphatic rings. The first-order chi connectivity index (χ1) is 10.3. The van der Waals surface area contributed by atoms with E-state index in [1.54, 1.807) is 7.11 Å². The maximum absolute atomic E-state index is 9.99. The predicted octanol–water partition coefficient (Wildman–Crippen LogP) is 3.21. The Hall–Kier alpha value is -1.84. The van der Waals surface area contributed by atoms with E-state index >= 15 is 0 Å². The lowest BCUT2D eigenvalue weighted by atomic mass is 10.1. The second kappa shape index (κ2) is 8.45. The molecule has 0 heterocycles. The van der Waals surface area contributed by atoms with Crippen molar-refractivity contribution in [2.45, 2.75) is 25.6 Å². The van der Waals surface area contributed by atoms with Gasteiger partial charge in [-0.1, -0.05) is 48.5 Å². The van der Waals surface area contributed by atoms with Crippen molar-refractivity contribution in [2.75, 3.05) is 13.7 Å². The summed E-state index contributed by atoms with van der Waals surface area (Å²) in [6, 6.07) is 17.9. The van der Waals surface area contributed by atoms with Gasteiger partial charge in [0, 0.05) is 0 Å². The van der Waals surface area contributed by atoms with E-state index in [0.717, 1.165) is 23.3 Å². The van der Waals surface area contributed by atoms with E-state index in [9.17, 15) is 5.11 Å². The molecule has 0 unspecified atom stereocenters. The first-order valence-corrected chi connectivity index (χ1v) is 7.21. The molecular weight excluding hydrogens is 264 g/mol. The minimum absolute atomic E-state index is 0.351. The molecular formula is C18H22O3. The molecule has 0 fully saturated rings. The summed E-state index contributed by atoms with van der Waals surface area (Å²) >= 11 is 0. The standard InChI is InChI=1S/C18H22O3/c1-20-18-10-6-5-9-16(18)11-12-17(19)14-21-13-15-7-3-2-4-8-15/h2-10,17,19H,11-14H2,1H3/t17-/m0/s1. The quantitative estimate of drug-likeness (QED) is 0.810. The van der Waals surface area contributed by atoms with Crippen LogP contribution >= 0.6 is 0 Å². The molecule has 2 rings (SSSR count). The van der Waals surface area contributed by atoms with E-state index in [1.165, 1.54) is 0 Å². The lowest BCUT2D eigenvalue weighted by Gasteiger charge is -2.13. The second-order valence-electron chi connectivity index (χ2n) is 5.01. The third kappa shape index (κ3) is 5.21. The number of hydrogen-bond acceptors (Lipinski definition) is 3. The fraction of sp³-hybridized carbons (Fsp3) is 0.333. The Balaban J connectivity index is 1.71. The third-order valence-corrected chi connectivity index (χ3v) is 3.36. The molecule has 3 nitrogen and oxygen atoms in total. The first kappa shape index (κ1) is 15.5. The zero-order chi connectivity index (χ0) is 14.9. The van der Waals surface area contributed by atoms with Crippen LogP contribution in [0.2, 0.25) is 0 Å². The molecule has 0 saturated heterocycles. The molecule has 0 aliphatic heterocycles. The van der Waals surface area contributed by atoms with Crippen molar-refractivity contribution in [1.82, 2.24) is 0 Å². The van der Waals surface area contributed by atoms with Crippen molar-refractivity contribution >= 4 is 0 Å². The van der Waals surface area contributed by atoms with Gasteiger partial charge in [0.2, 0.25) is 0 Å². The van der Waals surface area contributed by atoms with Crippen LogP contribution in [0.5, 0.6) is 5.75 Å². The van der Waals surface area contributed by atoms with Crippen molar-refractivity contribution < 1.29 is 14.6 Å². The number of benzene rings is 2. The summed E-state index contributed by atoms with van der Waals surface area (Å²) in [6.45, 7) is 0.886. The van der Waals surface area contributed by atoms with Gasteiger partial charge in [-0.3, -0.25) is 0 Å². The highest BCUT2D eigenvalue weighted by Crippen LogP contribution is 2.19. The molecule has 0 aromatic heterocycles. The Morgan fingerprint density at radius 2 is 1.71 bits per heavy atom. The average Bonchev–Trinajstić information content (AvgIpc) is 2.54. The van der Waals surface area contributed by atoms with Crippen LogP contribution in [0.15, 0.2) is 54.6 Å². The smallest absolute Gasteiger partial charge is 0.122 e. The summed E-state index contributed by atoms with van der Waals surface area (Å²) in [4.78, 5) is 0. The van der Waals surface area contributed by atoms with Crippen LogP contribution in [0, 0.1) is 0 Å². The van der Waals surface area contributed by atoms with Gasteiger partial charge in [-0.2, -0.15) is 0 Å². The van der Waals surface area contributed by atoms with E-state index < -0.39 is 6.10 Å². The molecule has 0 radical (unpaired) electrons. The normalized spacial score (nSPS) is 12.1. The number of ether oxygens (including phenoxy) is 2. The molecule has 0 spiro atoms. The molecule has 21 heavy (non-hydrogen) atoms. The minimum atomic E-state index is -0.460. The number of aliphatic hydroxyl groups excluding tert-OH is 1. The maximum Gasteiger partial charge on any atom is 0.122 e. The lowest BCUT2D eigenvalue weighted by molar-refractivity contribution is 0.0247. The number of aryl methyl sites for hydroxylation is 1. The van der Waals surface area contributed by atoms with E-state index in [2.05, 4.69) is 0 Å². The van der Waals surface area contributed by atoms with Crippen molar-refractivity contribution in [3.63, 3.8) is 0 Å². The number of para-hydroxylation sites is 1. The van der Waals surface area contributed by atoms with Gasteiger partial charge in [-0.15, -0.1) is 0 Å². The number of aliphatic hydroxyl groups is 1. The summed E-state index contributed by atoms with van der Waals surface area (Å²) in [6.07, 6.45) is 0.980. The zero-order valence-corrected chi connectivity index (χ0v) is 12.4. The summed E-state index contributed by atoms with van der Waals surface area (Å²) in [5.41, 5.74) is 2.23. The highest BCUT2D eigenvalue weighted by atomic mass is 16.5. The highest BCUT2D eigenvalue weighted by molar-refractivity contribution is 5.33. The van der Waals surface area contributed by atoms with Crippen LogP contribution in [0.3, 0.4) is 0 Å². The molecule has 2 aromatic rings. The average molecular weight is 286 g/mol. The Morgan fingerprint density at radius 3 is 2.48 bits per heavy atom. The Kier molecular flexibility index (Phi) is 6.25. The summed E-state index contributed by atoms with van der Waals surface area (Å²) in [7, 11) is 1.66. The first-order valence-electron chi connectivity index (χ1n) is 7.21. The molecule has 0 saturated carbocycles. The van der Waals surface area contributed by atoms with Gasteiger partial charge in [0.05, 0.1) is 26.4 Å². The van der Waals surface area contributed by atoms with Gasteiger partial charge >= 0.3 is 0 Å². The fourth-order valence-electron chi connectivity index (χ4n) is 2.20. The van der Waals surface area contributed by atoms with Crippen LogP contribution in [0.1, 0.15) is 17.5 Å². The number of hydrogen-bond donors (Lipinski definition) is 1. The molecule has 0 aliphatic carbocycles. The van der Waals surface area contributed by atoms with Gasteiger partial charge in [-0.25, -0.2) is 0 Å². The maximum atomic E-state index is 9.99. The summed E-state index contributed by atoms with van der Waals surface area (Å²) in [5, 5.41) is 9.99. The van der Waals surface area contributed by atoms with Crippen molar-refractivity contribution in [2.24, 2.45) is 0 Å². The van der Waals surface area contributed by atoms with Crippen LogP contribution in [-0.2, 0) is 17.8 Å². The van der Waals surface area contributed by atoms with Crippen molar-refractivity contribution in [1.29, 1.82) is 0 Å². The molecule has 2 aromatic carbocycles. The largest absolute Gasteiger partial charge is 0.496 e. The molecule has 3 heteroatoms.